The molecule has 0 radical (unpaired) electrons. The molecule has 0 aliphatic rings. The summed E-state index contributed by atoms with van der Waals surface area (Å²) in [6.07, 6.45) is 1.74. The average Bonchev–Trinajstić information content (AvgIpc) is 3.11. The van der Waals surface area contributed by atoms with Crippen molar-refractivity contribution in [2.24, 2.45) is 0 Å². The lowest BCUT2D eigenvalue weighted by atomic mass is 10.0. The van der Waals surface area contributed by atoms with Crippen LogP contribution in [0, 0.1) is 0 Å². The quantitative estimate of drug-likeness (QED) is 0.655. The third-order valence-electron chi connectivity index (χ3n) is 3.95. The van der Waals surface area contributed by atoms with Crippen molar-refractivity contribution in [3.63, 3.8) is 0 Å². The van der Waals surface area contributed by atoms with Crippen molar-refractivity contribution in [1.29, 1.82) is 0 Å². The smallest absolute Gasteiger partial charge is 0.349 e. The summed E-state index contributed by atoms with van der Waals surface area (Å²) in [5.74, 6) is 0.387. The first-order chi connectivity index (χ1) is 12.4. The van der Waals surface area contributed by atoms with E-state index in [-0.39, 0.29) is 24.1 Å². The standard InChI is InChI=1S/C19H19NO6/c1-19(23,10-13-6-4-8-25-13)11-20-17(21)14-9-12-5-3-7-15(24-2)16(12)26-18(14)22/h3-9,23H,10-11H2,1-2H3,(H,20,21). The fourth-order valence-electron chi connectivity index (χ4n) is 2.65. The van der Waals surface area contributed by atoms with Crippen LogP contribution in [-0.4, -0.2) is 30.3 Å². The van der Waals surface area contributed by atoms with E-state index >= 15 is 0 Å². The number of hydrogen-bond acceptors (Lipinski definition) is 6. The molecule has 0 saturated carbocycles. The zero-order valence-corrected chi connectivity index (χ0v) is 14.4. The first-order valence-corrected chi connectivity index (χ1v) is 8.03. The van der Waals surface area contributed by atoms with Crippen LogP contribution in [0.15, 0.2) is 56.3 Å². The van der Waals surface area contributed by atoms with Crippen LogP contribution in [0.3, 0.4) is 0 Å². The molecule has 2 heterocycles. The number of fused-ring (bicyclic) bond motifs is 1. The predicted molar refractivity (Wildman–Crippen MR) is 94.4 cm³/mol. The number of carbonyl (C=O) groups excluding carboxylic acids is 1. The van der Waals surface area contributed by atoms with E-state index in [9.17, 15) is 14.7 Å². The Morgan fingerprint density at radius 2 is 2.12 bits per heavy atom. The van der Waals surface area contributed by atoms with Gasteiger partial charge in [-0.05, 0) is 31.2 Å². The average molecular weight is 357 g/mol. The number of methoxy groups -OCH3 is 1. The normalized spacial score (nSPS) is 13.3. The molecule has 3 rings (SSSR count). The maximum absolute atomic E-state index is 12.4. The maximum Gasteiger partial charge on any atom is 0.349 e. The number of aliphatic hydroxyl groups is 1. The molecule has 7 nitrogen and oxygen atoms in total. The molecule has 0 fully saturated rings. The van der Waals surface area contributed by atoms with Gasteiger partial charge in [0.05, 0.1) is 19.0 Å². The lowest BCUT2D eigenvalue weighted by molar-refractivity contribution is 0.0509. The molecule has 3 aromatic rings. The van der Waals surface area contributed by atoms with E-state index in [2.05, 4.69) is 5.32 Å². The number of carbonyl (C=O) groups is 1. The van der Waals surface area contributed by atoms with Gasteiger partial charge in [-0.1, -0.05) is 12.1 Å². The highest BCUT2D eigenvalue weighted by Gasteiger charge is 2.24. The number of benzene rings is 1. The molecule has 26 heavy (non-hydrogen) atoms. The first kappa shape index (κ1) is 17.8. The third-order valence-corrected chi connectivity index (χ3v) is 3.95. The van der Waals surface area contributed by atoms with Gasteiger partial charge in [-0.15, -0.1) is 0 Å². The van der Waals surface area contributed by atoms with E-state index < -0.39 is 17.1 Å². The van der Waals surface area contributed by atoms with E-state index in [1.54, 1.807) is 37.3 Å². The number of para-hydroxylation sites is 1. The summed E-state index contributed by atoms with van der Waals surface area (Å²) in [4.78, 5) is 24.5. The summed E-state index contributed by atoms with van der Waals surface area (Å²) in [6.45, 7) is 1.52. The third kappa shape index (κ3) is 3.78. The van der Waals surface area contributed by atoms with Gasteiger partial charge in [-0.2, -0.15) is 0 Å². The fourth-order valence-corrected chi connectivity index (χ4v) is 2.65. The number of rotatable bonds is 6. The molecule has 2 N–H and O–H groups in total. The highest BCUT2D eigenvalue weighted by Crippen LogP contribution is 2.24. The van der Waals surface area contributed by atoms with Crippen molar-refractivity contribution in [3.8, 4) is 5.75 Å². The Hall–Kier alpha value is -3.06. The molecule has 0 saturated heterocycles. The van der Waals surface area contributed by atoms with Crippen molar-refractivity contribution >= 4 is 16.9 Å². The first-order valence-electron chi connectivity index (χ1n) is 8.03. The molecular weight excluding hydrogens is 338 g/mol. The SMILES string of the molecule is COc1cccc2cc(C(=O)NCC(C)(O)Cc3ccco3)c(=O)oc12. The molecule has 1 atom stereocenters. The number of furan rings is 1. The Balaban J connectivity index is 1.77. The van der Waals surface area contributed by atoms with Crippen LogP contribution >= 0.6 is 0 Å². The number of amides is 1. The van der Waals surface area contributed by atoms with Gasteiger partial charge in [-0.25, -0.2) is 4.79 Å². The van der Waals surface area contributed by atoms with Gasteiger partial charge in [0.1, 0.15) is 11.3 Å². The van der Waals surface area contributed by atoms with Crippen LogP contribution in [0.25, 0.3) is 11.0 Å². The number of hydrogen-bond donors (Lipinski definition) is 2. The summed E-state index contributed by atoms with van der Waals surface area (Å²) in [7, 11) is 1.47. The van der Waals surface area contributed by atoms with Crippen LogP contribution in [0.2, 0.25) is 0 Å². The second-order valence-corrected chi connectivity index (χ2v) is 6.26. The molecule has 1 aromatic carbocycles. The Morgan fingerprint density at radius 1 is 1.31 bits per heavy atom. The van der Waals surface area contributed by atoms with Gasteiger partial charge < -0.3 is 24.0 Å². The lowest BCUT2D eigenvalue weighted by Gasteiger charge is -2.22. The molecule has 1 amide bonds. The predicted octanol–water partition coefficient (Wildman–Crippen LogP) is 2.12. The van der Waals surface area contributed by atoms with Crippen LogP contribution in [0.5, 0.6) is 5.75 Å². The topological polar surface area (TPSA) is 102 Å². The molecule has 136 valence electrons. The monoisotopic (exact) mass is 357 g/mol. The molecule has 2 aromatic heterocycles. The zero-order valence-electron chi connectivity index (χ0n) is 14.4. The van der Waals surface area contributed by atoms with Crippen LogP contribution in [0.1, 0.15) is 23.0 Å². The summed E-state index contributed by atoms with van der Waals surface area (Å²) in [5.41, 5.74) is -1.86. The van der Waals surface area contributed by atoms with Gasteiger partial charge in [-0.3, -0.25) is 4.79 Å². The van der Waals surface area contributed by atoms with Crippen molar-refractivity contribution < 1.29 is 23.5 Å². The molecule has 0 spiro atoms. The molecule has 7 heteroatoms. The maximum atomic E-state index is 12.4. The molecule has 0 aliphatic carbocycles. The van der Waals surface area contributed by atoms with Crippen molar-refractivity contribution in [1.82, 2.24) is 5.32 Å². The van der Waals surface area contributed by atoms with E-state index in [1.165, 1.54) is 19.4 Å². The highest BCUT2D eigenvalue weighted by atomic mass is 16.5. The minimum Gasteiger partial charge on any atom is -0.493 e. The molecule has 0 aliphatic heterocycles. The van der Waals surface area contributed by atoms with E-state index in [4.69, 9.17) is 13.6 Å². The largest absolute Gasteiger partial charge is 0.493 e. The second kappa shape index (κ2) is 7.05. The Kier molecular flexibility index (Phi) is 4.81. The molecule has 0 bridgehead atoms. The Labute approximate surface area is 149 Å². The second-order valence-electron chi connectivity index (χ2n) is 6.26. The summed E-state index contributed by atoms with van der Waals surface area (Å²) in [6, 6.07) is 10.0. The van der Waals surface area contributed by atoms with Crippen LogP contribution in [-0.2, 0) is 6.42 Å². The van der Waals surface area contributed by atoms with Crippen molar-refractivity contribution in [3.05, 3.63) is 64.4 Å². The van der Waals surface area contributed by atoms with Gasteiger partial charge in [0, 0.05) is 18.4 Å². The van der Waals surface area contributed by atoms with E-state index in [0.29, 0.717) is 16.9 Å². The van der Waals surface area contributed by atoms with Crippen LogP contribution < -0.4 is 15.7 Å². The lowest BCUT2D eigenvalue weighted by Crippen LogP contribution is -2.43. The highest BCUT2D eigenvalue weighted by molar-refractivity contribution is 5.97. The van der Waals surface area contributed by atoms with Gasteiger partial charge in [0.2, 0.25) is 0 Å². The number of ether oxygens (including phenoxy) is 1. The fraction of sp³-hybridized carbons (Fsp3) is 0.263. The minimum absolute atomic E-state index is 0.0535. The van der Waals surface area contributed by atoms with E-state index in [0.717, 1.165) is 0 Å². The number of nitrogens with one attached hydrogen (secondary N) is 1. The molecular formula is C19H19NO6. The molecule has 1 unspecified atom stereocenters. The van der Waals surface area contributed by atoms with Crippen molar-refractivity contribution in [2.45, 2.75) is 18.9 Å². The van der Waals surface area contributed by atoms with Gasteiger partial charge in [0.15, 0.2) is 11.3 Å². The Bertz CT molecular complexity index is 971. The summed E-state index contributed by atoms with van der Waals surface area (Å²) >= 11 is 0. The zero-order chi connectivity index (χ0) is 18.7. The summed E-state index contributed by atoms with van der Waals surface area (Å²) in [5, 5.41) is 13.5. The van der Waals surface area contributed by atoms with E-state index in [1.807, 2.05) is 0 Å². The minimum atomic E-state index is -1.23. The van der Waals surface area contributed by atoms with Gasteiger partial charge in [0.25, 0.3) is 5.91 Å². The van der Waals surface area contributed by atoms with Crippen LogP contribution in [0.4, 0.5) is 0 Å². The van der Waals surface area contributed by atoms with Gasteiger partial charge >= 0.3 is 5.63 Å². The summed E-state index contributed by atoms with van der Waals surface area (Å²) < 4.78 is 15.6. The Morgan fingerprint density at radius 3 is 2.81 bits per heavy atom. The van der Waals surface area contributed by atoms with Crippen molar-refractivity contribution in [2.75, 3.05) is 13.7 Å².